The van der Waals surface area contributed by atoms with E-state index in [0.29, 0.717) is 28.5 Å². The van der Waals surface area contributed by atoms with Gasteiger partial charge in [-0.15, -0.1) is 0 Å². The minimum atomic E-state index is -0.188. The molecular weight excluding hydrogens is 262 g/mol. The van der Waals surface area contributed by atoms with E-state index in [9.17, 15) is 4.79 Å². The van der Waals surface area contributed by atoms with Crippen molar-refractivity contribution in [1.82, 2.24) is 10.3 Å². The second kappa shape index (κ2) is 5.71. The molecule has 1 aromatic carbocycles. The van der Waals surface area contributed by atoms with Crippen LogP contribution in [0.2, 0.25) is 5.02 Å². The number of halogens is 1. The number of aryl methyl sites for hydroxylation is 1. The number of nitrogens with one attached hydrogen (secondary N) is 1. The van der Waals surface area contributed by atoms with Crippen LogP contribution in [0.25, 0.3) is 0 Å². The van der Waals surface area contributed by atoms with E-state index in [2.05, 4.69) is 10.3 Å². The zero-order valence-electron chi connectivity index (χ0n) is 10.5. The number of nitrogen functional groups attached to an aromatic ring is 1. The molecule has 0 saturated carbocycles. The number of hydrogen-bond acceptors (Lipinski definition) is 3. The lowest BCUT2D eigenvalue weighted by atomic mass is 10.1. The molecule has 4 nitrogen and oxygen atoms in total. The Kier molecular flexibility index (Phi) is 4.02. The molecule has 0 spiro atoms. The van der Waals surface area contributed by atoms with Crippen molar-refractivity contribution in [2.75, 3.05) is 5.73 Å². The Morgan fingerprint density at radius 3 is 2.74 bits per heavy atom. The van der Waals surface area contributed by atoms with Crippen molar-refractivity contribution in [2.24, 2.45) is 0 Å². The molecule has 3 N–H and O–H groups in total. The summed E-state index contributed by atoms with van der Waals surface area (Å²) >= 11 is 5.80. The number of carbonyl (C=O) groups is 1. The van der Waals surface area contributed by atoms with E-state index in [4.69, 9.17) is 17.3 Å². The summed E-state index contributed by atoms with van der Waals surface area (Å²) in [6.45, 7) is 2.21. The van der Waals surface area contributed by atoms with Crippen molar-refractivity contribution in [3.8, 4) is 0 Å². The molecule has 5 heteroatoms. The maximum atomic E-state index is 12.0. The molecule has 0 unspecified atom stereocenters. The molecule has 19 heavy (non-hydrogen) atoms. The van der Waals surface area contributed by atoms with E-state index in [1.165, 1.54) is 6.20 Å². The van der Waals surface area contributed by atoms with Gasteiger partial charge in [0.15, 0.2) is 0 Å². The van der Waals surface area contributed by atoms with Crippen molar-refractivity contribution in [2.45, 2.75) is 13.5 Å². The van der Waals surface area contributed by atoms with Gasteiger partial charge in [-0.25, -0.2) is 0 Å². The highest BCUT2D eigenvalue weighted by Crippen LogP contribution is 2.11. The first-order valence-corrected chi connectivity index (χ1v) is 6.19. The van der Waals surface area contributed by atoms with Crippen molar-refractivity contribution >= 4 is 23.2 Å². The molecule has 0 bridgehead atoms. The first-order chi connectivity index (χ1) is 9.06. The number of aromatic nitrogens is 1. The lowest BCUT2D eigenvalue weighted by Gasteiger charge is -2.08. The lowest BCUT2D eigenvalue weighted by Crippen LogP contribution is -2.24. The van der Waals surface area contributed by atoms with E-state index in [1.807, 2.05) is 12.1 Å². The molecule has 1 amide bonds. The van der Waals surface area contributed by atoms with Crippen LogP contribution in [0.4, 0.5) is 5.69 Å². The van der Waals surface area contributed by atoms with E-state index in [-0.39, 0.29) is 5.91 Å². The minimum absolute atomic E-state index is 0.188. The standard InChI is InChI=1S/C14H14ClN3O/c1-9-13(6-12(16)8-17-9)14(19)18-7-10-2-4-11(15)5-3-10/h2-6,8H,7,16H2,1H3,(H,18,19). The van der Waals surface area contributed by atoms with Gasteiger partial charge in [0, 0.05) is 11.6 Å². The second-order valence-corrected chi connectivity index (χ2v) is 4.65. The number of pyridine rings is 1. The molecule has 0 saturated heterocycles. The van der Waals surface area contributed by atoms with Crippen LogP contribution >= 0.6 is 11.6 Å². The second-order valence-electron chi connectivity index (χ2n) is 4.21. The number of nitrogens with two attached hydrogens (primary N) is 1. The number of rotatable bonds is 3. The summed E-state index contributed by atoms with van der Waals surface area (Å²) in [6, 6.07) is 8.94. The Morgan fingerprint density at radius 2 is 2.05 bits per heavy atom. The van der Waals surface area contributed by atoms with E-state index in [0.717, 1.165) is 5.56 Å². The zero-order valence-corrected chi connectivity index (χ0v) is 11.2. The van der Waals surface area contributed by atoms with Gasteiger partial charge in [-0.05, 0) is 30.7 Å². The van der Waals surface area contributed by atoms with Crippen LogP contribution in [0.5, 0.6) is 0 Å². The predicted molar refractivity (Wildman–Crippen MR) is 76.0 cm³/mol. The number of benzene rings is 1. The number of anilines is 1. The Hall–Kier alpha value is -2.07. The van der Waals surface area contributed by atoms with Gasteiger partial charge in [0.25, 0.3) is 5.91 Å². The summed E-state index contributed by atoms with van der Waals surface area (Å²) in [7, 11) is 0. The molecule has 0 fully saturated rings. The first kappa shape index (κ1) is 13.4. The largest absolute Gasteiger partial charge is 0.397 e. The zero-order chi connectivity index (χ0) is 13.8. The topological polar surface area (TPSA) is 68.0 Å². The van der Waals surface area contributed by atoms with E-state index < -0.39 is 0 Å². The molecule has 2 rings (SSSR count). The van der Waals surface area contributed by atoms with Crippen LogP contribution in [0, 0.1) is 6.92 Å². The minimum Gasteiger partial charge on any atom is -0.397 e. The van der Waals surface area contributed by atoms with Crippen LogP contribution in [0.1, 0.15) is 21.6 Å². The number of carbonyl (C=O) groups excluding carboxylic acids is 1. The molecule has 1 heterocycles. The normalized spacial score (nSPS) is 10.2. The Morgan fingerprint density at radius 1 is 1.37 bits per heavy atom. The van der Waals surface area contributed by atoms with Crippen molar-refractivity contribution in [3.05, 3.63) is 58.4 Å². The number of nitrogens with zero attached hydrogens (tertiary/aromatic N) is 1. The average molecular weight is 276 g/mol. The third kappa shape index (κ3) is 3.45. The number of amides is 1. The van der Waals surface area contributed by atoms with Gasteiger partial charge in [0.05, 0.1) is 23.1 Å². The highest BCUT2D eigenvalue weighted by atomic mass is 35.5. The van der Waals surface area contributed by atoms with Crippen molar-refractivity contribution in [1.29, 1.82) is 0 Å². The van der Waals surface area contributed by atoms with Gasteiger partial charge < -0.3 is 11.1 Å². The third-order valence-electron chi connectivity index (χ3n) is 2.72. The summed E-state index contributed by atoms with van der Waals surface area (Å²) in [5.41, 5.74) is 8.24. The molecule has 98 valence electrons. The summed E-state index contributed by atoms with van der Waals surface area (Å²) in [6.07, 6.45) is 1.53. The third-order valence-corrected chi connectivity index (χ3v) is 2.97. The highest BCUT2D eigenvalue weighted by molar-refractivity contribution is 6.30. The Balaban J connectivity index is 2.05. The van der Waals surface area contributed by atoms with Crippen LogP contribution in [-0.4, -0.2) is 10.9 Å². The molecular formula is C14H14ClN3O. The van der Waals surface area contributed by atoms with Crippen LogP contribution < -0.4 is 11.1 Å². The molecule has 0 radical (unpaired) electrons. The summed E-state index contributed by atoms with van der Waals surface area (Å²) in [4.78, 5) is 16.1. The molecule has 0 aliphatic heterocycles. The summed E-state index contributed by atoms with van der Waals surface area (Å²) in [5, 5.41) is 3.50. The van der Waals surface area contributed by atoms with Crippen LogP contribution in [0.3, 0.4) is 0 Å². The summed E-state index contributed by atoms with van der Waals surface area (Å²) < 4.78 is 0. The predicted octanol–water partition coefficient (Wildman–Crippen LogP) is 2.56. The molecule has 2 aromatic rings. The summed E-state index contributed by atoms with van der Waals surface area (Å²) in [5.74, 6) is -0.188. The van der Waals surface area contributed by atoms with Crippen molar-refractivity contribution in [3.63, 3.8) is 0 Å². The maximum Gasteiger partial charge on any atom is 0.253 e. The van der Waals surface area contributed by atoms with E-state index in [1.54, 1.807) is 25.1 Å². The van der Waals surface area contributed by atoms with Gasteiger partial charge in [-0.2, -0.15) is 0 Å². The maximum absolute atomic E-state index is 12.0. The SMILES string of the molecule is Cc1ncc(N)cc1C(=O)NCc1ccc(Cl)cc1. The molecule has 0 aliphatic rings. The fourth-order valence-electron chi connectivity index (χ4n) is 1.66. The van der Waals surface area contributed by atoms with E-state index >= 15 is 0 Å². The highest BCUT2D eigenvalue weighted by Gasteiger charge is 2.10. The van der Waals surface area contributed by atoms with Gasteiger partial charge >= 0.3 is 0 Å². The van der Waals surface area contributed by atoms with Gasteiger partial charge in [-0.3, -0.25) is 9.78 Å². The average Bonchev–Trinajstić information content (AvgIpc) is 2.40. The fourth-order valence-corrected chi connectivity index (χ4v) is 1.78. The fraction of sp³-hybridized carbons (Fsp3) is 0.143. The molecule has 0 atom stereocenters. The van der Waals surface area contributed by atoms with Crippen LogP contribution in [-0.2, 0) is 6.54 Å². The Bertz CT molecular complexity index is 596. The lowest BCUT2D eigenvalue weighted by molar-refractivity contribution is 0.0950. The van der Waals surface area contributed by atoms with Crippen molar-refractivity contribution < 1.29 is 4.79 Å². The molecule has 0 aliphatic carbocycles. The quantitative estimate of drug-likeness (QED) is 0.904. The monoisotopic (exact) mass is 275 g/mol. The molecule has 1 aromatic heterocycles. The Labute approximate surface area is 116 Å². The first-order valence-electron chi connectivity index (χ1n) is 5.81. The smallest absolute Gasteiger partial charge is 0.253 e. The van der Waals surface area contributed by atoms with Gasteiger partial charge in [0.1, 0.15) is 0 Å². The van der Waals surface area contributed by atoms with Crippen LogP contribution in [0.15, 0.2) is 36.5 Å². The van der Waals surface area contributed by atoms with Gasteiger partial charge in [-0.1, -0.05) is 23.7 Å². The van der Waals surface area contributed by atoms with Gasteiger partial charge in [0.2, 0.25) is 0 Å². The number of hydrogen-bond donors (Lipinski definition) is 2.